The summed E-state index contributed by atoms with van der Waals surface area (Å²) >= 11 is 0. The van der Waals surface area contributed by atoms with Gasteiger partial charge in [-0.05, 0) is 77.9 Å². The third-order valence-corrected chi connectivity index (χ3v) is 8.79. The van der Waals surface area contributed by atoms with Crippen LogP contribution in [0.15, 0.2) is 89.7 Å². The van der Waals surface area contributed by atoms with Gasteiger partial charge < -0.3 is 20.1 Å². The van der Waals surface area contributed by atoms with Crippen molar-refractivity contribution >= 4 is 28.9 Å². The minimum Gasteiger partial charge on any atom is -0.369 e. The van der Waals surface area contributed by atoms with Gasteiger partial charge in [0.25, 0.3) is 17.4 Å². The van der Waals surface area contributed by atoms with Crippen molar-refractivity contribution in [2.24, 2.45) is 5.92 Å². The fraction of sp³-hybridized carbons (Fsp3) is 0.306. The maximum Gasteiger partial charge on any atom is 0.416 e. The van der Waals surface area contributed by atoms with Crippen LogP contribution >= 0.6 is 0 Å². The molecule has 2 aliphatic rings. The van der Waals surface area contributed by atoms with Gasteiger partial charge in [-0.2, -0.15) is 13.2 Å². The Labute approximate surface area is 265 Å². The summed E-state index contributed by atoms with van der Waals surface area (Å²) in [7, 11) is 0. The fourth-order valence-electron chi connectivity index (χ4n) is 6.44. The van der Waals surface area contributed by atoms with Crippen molar-refractivity contribution in [2.75, 3.05) is 28.6 Å². The zero-order chi connectivity index (χ0) is 32.8. The average Bonchev–Trinajstić information content (AvgIpc) is 3.01. The molecule has 4 aromatic rings. The van der Waals surface area contributed by atoms with E-state index in [4.69, 9.17) is 0 Å². The number of rotatable bonds is 5. The summed E-state index contributed by atoms with van der Waals surface area (Å²) in [6.07, 6.45) is -3.61. The summed E-state index contributed by atoms with van der Waals surface area (Å²) in [5.41, 5.74) is 2.85. The lowest BCUT2D eigenvalue weighted by Gasteiger charge is -2.44. The fourth-order valence-corrected chi connectivity index (χ4v) is 6.44. The van der Waals surface area contributed by atoms with E-state index in [2.05, 4.69) is 36.3 Å². The summed E-state index contributed by atoms with van der Waals surface area (Å²) in [5.74, 6) is -0.645. The SMILES string of the molecule is CC(C)(C)c1ccc(C(=O)Nc2cc(C(=O)Nc3cccc(C(F)(F)F)c3)ccc2N2C[C@H]3C[C@@H](C2)c2cccc(=O)n2C3)cc1. The molecule has 0 aliphatic carbocycles. The number of amides is 2. The molecule has 2 atom stereocenters. The first-order valence-electron chi connectivity index (χ1n) is 15.3. The Kier molecular flexibility index (Phi) is 8.00. The Hall–Kier alpha value is -4.86. The number of carbonyl (C=O) groups excluding carboxylic acids is 2. The minimum absolute atomic E-state index is 0.00573. The number of pyridine rings is 1. The predicted octanol–water partition coefficient (Wildman–Crippen LogP) is 7.29. The lowest BCUT2D eigenvalue weighted by atomic mass is 9.83. The zero-order valence-corrected chi connectivity index (χ0v) is 25.8. The summed E-state index contributed by atoms with van der Waals surface area (Å²) in [4.78, 5) is 41.5. The monoisotopic (exact) mass is 628 g/mol. The highest BCUT2D eigenvalue weighted by Gasteiger charge is 2.35. The molecule has 2 aliphatic heterocycles. The number of nitrogens with one attached hydrogen (secondary N) is 2. The first-order valence-corrected chi connectivity index (χ1v) is 15.3. The number of piperidine rings is 1. The molecule has 1 aromatic heterocycles. The third kappa shape index (κ3) is 6.42. The summed E-state index contributed by atoms with van der Waals surface area (Å²) in [6, 6.07) is 22.1. The number of hydrogen-bond acceptors (Lipinski definition) is 4. The van der Waals surface area contributed by atoms with Crippen LogP contribution in [0.25, 0.3) is 0 Å². The first kappa shape index (κ1) is 31.1. The van der Waals surface area contributed by atoms with E-state index in [1.165, 1.54) is 12.1 Å². The van der Waals surface area contributed by atoms with Gasteiger partial charge in [0.1, 0.15) is 0 Å². The minimum atomic E-state index is -4.55. The number of aromatic nitrogens is 1. The van der Waals surface area contributed by atoms with E-state index >= 15 is 0 Å². The van der Waals surface area contributed by atoms with Crippen LogP contribution in [0.5, 0.6) is 0 Å². The average molecular weight is 629 g/mol. The molecule has 2 N–H and O–H groups in total. The molecule has 3 heterocycles. The van der Waals surface area contributed by atoms with E-state index in [1.807, 2.05) is 22.8 Å². The van der Waals surface area contributed by atoms with E-state index in [9.17, 15) is 27.6 Å². The molecule has 1 fully saturated rings. The van der Waals surface area contributed by atoms with Crippen molar-refractivity contribution in [1.29, 1.82) is 0 Å². The van der Waals surface area contributed by atoms with Gasteiger partial charge in [-0.25, -0.2) is 0 Å². The van der Waals surface area contributed by atoms with Crippen LogP contribution in [-0.4, -0.2) is 29.5 Å². The van der Waals surface area contributed by atoms with Gasteiger partial charge in [0.2, 0.25) is 0 Å². The Morgan fingerprint density at radius 2 is 1.46 bits per heavy atom. The van der Waals surface area contributed by atoms with Crippen molar-refractivity contribution in [1.82, 2.24) is 4.57 Å². The molecule has 46 heavy (non-hydrogen) atoms. The van der Waals surface area contributed by atoms with Crippen LogP contribution in [0.2, 0.25) is 0 Å². The van der Waals surface area contributed by atoms with Crippen LogP contribution in [0, 0.1) is 5.92 Å². The molecule has 6 rings (SSSR count). The molecule has 1 saturated heterocycles. The summed E-state index contributed by atoms with van der Waals surface area (Å²) in [6.45, 7) is 8.13. The molecule has 0 saturated carbocycles. The maximum absolute atomic E-state index is 13.5. The van der Waals surface area contributed by atoms with Crippen molar-refractivity contribution in [3.63, 3.8) is 0 Å². The molecule has 2 amide bonds. The van der Waals surface area contributed by atoms with Gasteiger partial charge in [-0.1, -0.05) is 45.0 Å². The Bertz CT molecular complexity index is 1860. The summed E-state index contributed by atoms with van der Waals surface area (Å²) < 4.78 is 41.6. The van der Waals surface area contributed by atoms with Crippen LogP contribution in [0.1, 0.15) is 70.6 Å². The van der Waals surface area contributed by atoms with E-state index in [-0.39, 0.29) is 40.0 Å². The number of halogens is 3. The second-order valence-corrected chi connectivity index (χ2v) is 13.1. The van der Waals surface area contributed by atoms with Crippen LogP contribution in [-0.2, 0) is 18.1 Å². The van der Waals surface area contributed by atoms with Crippen LogP contribution in [0.3, 0.4) is 0 Å². The third-order valence-electron chi connectivity index (χ3n) is 8.79. The zero-order valence-electron chi connectivity index (χ0n) is 25.8. The summed E-state index contributed by atoms with van der Waals surface area (Å²) in [5, 5.41) is 5.55. The smallest absolute Gasteiger partial charge is 0.369 e. The van der Waals surface area contributed by atoms with Crippen LogP contribution < -0.4 is 21.1 Å². The van der Waals surface area contributed by atoms with Gasteiger partial charge in [0, 0.05) is 54.1 Å². The number of anilines is 3. The molecule has 10 heteroatoms. The molecule has 3 aromatic carbocycles. The van der Waals surface area contributed by atoms with E-state index < -0.39 is 17.6 Å². The van der Waals surface area contributed by atoms with Crippen molar-refractivity contribution in [3.8, 4) is 0 Å². The standard InChI is InChI=1S/C36H35F3N4O3/c1-35(2,3)26-13-10-23(11-14-26)33(45)41-29-17-24(34(46)40-28-7-4-6-27(18-28)36(37,38)39)12-15-31(29)42-19-22-16-25(21-42)30-8-5-9-32(44)43(30)20-22/h4-15,17-18,22,25H,16,19-21H2,1-3H3,(H,40,46)(H,41,45)/t22-,25+/m1/s1. The number of nitrogens with zero attached hydrogens (tertiary/aromatic N) is 2. The van der Waals surface area contributed by atoms with Gasteiger partial charge in [-0.15, -0.1) is 0 Å². The van der Waals surface area contributed by atoms with Crippen LogP contribution in [0.4, 0.5) is 30.2 Å². The van der Waals surface area contributed by atoms with Gasteiger partial charge in [-0.3, -0.25) is 14.4 Å². The first-order chi connectivity index (χ1) is 21.8. The van der Waals surface area contributed by atoms with E-state index in [1.54, 1.807) is 42.5 Å². The number of hydrogen-bond donors (Lipinski definition) is 2. The largest absolute Gasteiger partial charge is 0.416 e. The number of alkyl halides is 3. The second kappa shape index (κ2) is 11.8. The van der Waals surface area contributed by atoms with Gasteiger partial charge in [0.05, 0.1) is 16.9 Å². The number of benzene rings is 3. The Morgan fingerprint density at radius 1 is 0.761 bits per heavy atom. The van der Waals surface area contributed by atoms with Crippen molar-refractivity contribution < 1.29 is 22.8 Å². The lowest BCUT2D eigenvalue weighted by molar-refractivity contribution is -0.137. The molecule has 2 bridgehead atoms. The molecular weight excluding hydrogens is 593 g/mol. The maximum atomic E-state index is 13.5. The lowest BCUT2D eigenvalue weighted by Crippen LogP contribution is -2.47. The van der Waals surface area contributed by atoms with E-state index in [0.29, 0.717) is 30.9 Å². The molecule has 0 unspecified atom stereocenters. The molecule has 238 valence electrons. The Balaban J connectivity index is 1.32. The number of carbonyl (C=O) groups is 2. The molecule has 0 radical (unpaired) electrons. The highest BCUT2D eigenvalue weighted by atomic mass is 19.4. The van der Waals surface area contributed by atoms with Crippen molar-refractivity contribution in [2.45, 2.75) is 51.2 Å². The normalized spacial score (nSPS) is 17.7. The quantitative estimate of drug-likeness (QED) is 0.243. The van der Waals surface area contributed by atoms with Gasteiger partial charge in [0.15, 0.2) is 0 Å². The van der Waals surface area contributed by atoms with Gasteiger partial charge >= 0.3 is 6.18 Å². The molecule has 0 spiro atoms. The molecular formula is C36H35F3N4O3. The highest BCUT2D eigenvalue weighted by molar-refractivity contribution is 6.09. The second-order valence-electron chi connectivity index (χ2n) is 13.1. The Morgan fingerprint density at radius 3 is 2.17 bits per heavy atom. The van der Waals surface area contributed by atoms with E-state index in [0.717, 1.165) is 35.5 Å². The highest BCUT2D eigenvalue weighted by Crippen LogP contribution is 2.40. The van der Waals surface area contributed by atoms with Crippen molar-refractivity contribution in [3.05, 3.63) is 123 Å². The predicted molar refractivity (Wildman–Crippen MR) is 173 cm³/mol. The number of fused-ring (bicyclic) bond motifs is 4. The topological polar surface area (TPSA) is 83.4 Å². The molecule has 7 nitrogen and oxygen atoms in total.